The number of hydrogen-bond acceptors (Lipinski definition) is 22. The van der Waals surface area contributed by atoms with E-state index >= 15 is 0 Å². The summed E-state index contributed by atoms with van der Waals surface area (Å²) < 4.78 is 55.0. The number of carbonyl (C=O) groups is 7. The number of esters is 1. The zero-order valence-electron chi connectivity index (χ0n) is 69.6. The number of aromatic nitrogens is 2. The zero-order chi connectivity index (χ0) is 86.0. The lowest BCUT2D eigenvalue weighted by molar-refractivity contribution is -0.141. The largest absolute Gasteiger partial charge is 0.481 e. The van der Waals surface area contributed by atoms with Gasteiger partial charge in [0.1, 0.15) is 29.3 Å². The average molecular weight is 1650 g/mol. The molecule has 0 aliphatic rings. The number of nitrogens with one attached hydrogen (secondary N) is 3. The van der Waals surface area contributed by atoms with Crippen molar-refractivity contribution in [3.63, 3.8) is 0 Å². The monoisotopic (exact) mass is 1650 g/mol. The van der Waals surface area contributed by atoms with E-state index in [0.29, 0.717) is 97.7 Å². The van der Waals surface area contributed by atoms with E-state index in [2.05, 4.69) is 94.5 Å². The van der Waals surface area contributed by atoms with Crippen LogP contribution in [-0.4, -0.2) is 213 Å². The van der Waals surface area contributed by atoms with Gasteiger partial charge in [0.15, 0.2) is 11.6 Å². The molecule has 0 aliphatic carbocycles. The van der Waals surface area contributed by atoms with Crippen molar-refractivity contribution >= 4 is 74.6 Å². The van der Waals surface area contributed by atoms with Crippen LogP contribution < -0.4 is 20.9 Å². The van der Waals surface area contributed by atoms with Crippen molar-refractivity contribution < 1.29 is 86.0 Å². The number of methoxy groups -OCH3 is 1. The number of nitrogens with zero attached hydrogens (tertiary/aromatic N) is 9. The molecule has 642 valence electrons. The Morgan fingerprint density at radius 3 is 1.36 bits per heavy atom. The van der Waals surface area contributed by atoms with E-state index in [9.17, 15) is 38.7 Å². The summed E-state index contributed by atoms with van der Waals surface area (Å²) in [5, 5.41) is 30.0. The Balaban J connectivity index is 0.000000334. The molecule has 8 rings (SSSR count). The van der Waals surface area contributed by atoms with Crippen molar-refractivity contribution in [2.75, 3.05) is 149 Å². The number of anilines is 2. The first-order valence-electron chi connectivity index (χ1n) is 40.5. The molecule has 30 nitrogen and oxygen atoms in total. The summed E-state index contributed by atoms with van der Waals surface area (Å²) >= 11 is 0. The van der Waals surface area contributed by atoms with Gasteiger partial charge in [0.05, 0.1) is 126 Å². The number of aliphatic carboxylic acids is 1. The van der Waals surface area contributed by atoms with Crippen LogP contribution in [0.3, 0.4) is 0 Å². The third kappa shape index (κ3) is 36.5. The Bertz CT molecular complexity index is 4570. The third-order valence-electron chi connectivity index (χ3n) is 18.8. The molecule has 0 bridgehead atoms. The third-order valence-corrected chi connectivity index (χ3v) is 18.8. The Kier molecular flexibility index (Phi) is 43.7. The molecule has 6 aromatic carbocycles. The van der Waals surface area contributed by atoms with E-state index in [-0.39, 0.29) is 121 Å². The Morgan fingerprint density at radius 1 is 0.492 bits per heavy atom. The van der Waals surface area contributed by atoms with E-state index in [1.54, 1.807) is 39.2 Å². The number of ether oxygens (including phenoxy) is 10. The van der Waals surface area contributed by atoms with Gasteiger partial charge in [-0.3, -0.25) is 33.7 Å². The lowest BCUT2D eigenvalue weighted by Crippen LogP contribution is -2.44. The van der Waals surface area contributed by atoms with Gasteiger partial charge in [0.25, 0.3) is 0 Å². The number of aryl methyl sites for hydroxylation is 2. The topological polar surface area (TPSA) is 395 Å². The number of carboxylic acid groups (broad SMARTS) is 1. The molecule has 0 radical (unpaired) electrons. The van der Waals surface area contributed by atoms with Gasteiger partial charge in [-0.05, 0) is 162 Å². The summed E-state index contributed by atoms with van der Waals surface area (Å²) in [4.78, 5) is 108. The van der Waals surface area contributed by atoms with Gasteiger partial charge in [0, 0.05) is 85.9 Å². The van der Waals surface area contributed by atoms with Crippen LogP contribution in [0.4, 0.5) is 16.4 Å². The van der Waals surface area contributed by atoms with Gasteiger partial charge in [-0.2, -0.15) is 0 Å². The summed E-state index contributed by atoms with van der Waals surface area (Å²) in [5.74, 6) is -2.67. The van der Waals surface area contributed by atoms with Crippen molar-refractivity contribution in [2.24, 2.45) is 10.2 Å². The maximum absolute atomic E-state index is 14.1. The molecule has 0 spiro atoms. The van der Waals surface area contributed by atoms with Gasteiger partial charge in [-0.25, -0.2) is 14.8 Å². The second-order valence-corrected chi connectivity index (χ2v) is 29.3. The number of rotatable bonds is 56. The normalized spacial score (nSPS) is 12.2. The van der Waals surface area contributed by atoms with Crippen molar-refractivity contribution in [1.82, 2.24) is 20.6 Å². The smallest absolute Gasteiger partial charge is 0.416 e. The van der Waals surface area contributed by atoms with Crippen LogP contribution in [0.2, 0.25) is 0 Å². The van der Waals surface area contributed by atoms with Crippen molar-refractivity contribution in [3.8, 4) is 22.3 Å². The van der Waals surface area contributed by atoms with E-state index in [4.69, 9.17) is 58.4 Å². The van der Waals surface area contributed by atoms with E-state index in [1.165, 1.54) is 12.0 Å². The number of hydrogen-bond donors (Lipinski definition) is 4. The lowest BCUT2D eigenvalue weighted by atomic mass is 9.87. The van der Waals surface area contributed by atoms with Gasteiger partial charge >= 0.3 is 18.0 Å². The maximum atomic E-state index is 14.1. The van der Waals surface area contributed by atoms with Crippen molar-refractivity contribution in [1.29, 1.82) is 0 Å². The summed E-state index contributed by atoms with van der Waals surface area (Å²) in [5.41, 5.74) is 23.5. The van der Waals surface area contributed by atoms with Crippen LogP contribution in [0.1, 0.15) is 119 Å². The first-order chi connectivity index (χ1) is 58.2. The quantitative estimate of drug-likeness (QED) is 0.00904. The SMILES string of the molecule is COC(=O)C[C@H](CC(=O)[C@H](COCCOCCOCCOCCN=[N+]=[N-])NC(=O)CCCCN(C(=O)OC(C)(C)C)c1cc(C)ccn1)c1ccc(-c2cccc3ccccc23)cc1.Cc1ccnc(NCCCCC(=O)N[C@@H](COCCOCCOCCOCCN=[N+]=[N-])C(=O)C[C@@H](CC(=O)O)c2ccc(-c3cccc4ccccc34)cc2)c1. The van der Waals surface area contributed by atoms with Crippen molar-refractivity contribution in [2.45, 2.75) is 128 Å². The molecule has 120 heavy (non-hydrogen) atoms. The highest BCUT2D eigenvalue weighted by Crippen LogP contribution is 2.34. The van der Waals surface area contributed by atoms with Gasteiger partial charge in [0.2, 0.25) is 11.8 Å². The minimum absolute atomic E-state index is 0.0426. The number of unbranched alkanes of at least 4 members (excludes halogenated alkanes) is 2. The molecule has 0 fully saturated rings. The average Bonchev–Trinajstić information content (AvgIpc) is 0.804. The molecule has 2 aromatic heterocycles. The number of benzene rings is 6. The fourth-order valence-electron chi connectivity index (χ4n) is 12.8. The summed E-state index contributed by atoms with van der Waals surface area (Å²) in [6, 6.07) is 49.5. The molecular formula is C90H114N12O18. The fraction of sp³-hybridized carbons (Fsp3) is 0.456. The van der Waals surface area contributed by atoms with Gasteiger partial charge in [-0.15, -0.1) is 0 Å². The Labute approximate surface area is 701 Å². The molecule has 2 heterocycles. The molecule has 0 aliphatic heterocycles. The number of fused-ring (bicyclic) bond motifs is 2. The predicted octanol–water partition coefficient (Wildman–Crippen LogP) is 15.2. The number of carbonyl (C=O) groups excluding carboxylic acids is 6. The van der Waals surface area contributed by atoms with E-state index < -0.39 is 47.6 Å². The second kappa shape index (κ2) is 54.7. The summed E-state index contributed by atoms with van der Waals surface area (Å²) in [7, 11) is 1.31. The van der Waals surface area contributed by atoms with E-state index in [1.807, 2.05) is 117 Å². The zero-order valence-corrected chi connectivity index (χ0v) is 69.6. The molecular weight excluding hydrogens is 1540 g/mol. The second-order valence-electron chi connectivity index (χ2n) is 29.3. The number of pyridine rings is 2. The number of amides is 3. The minimum Gasteiger partial charge on any atom is -0.481 e. The molecule has 4 atom stereocenters. The van der Waals surface area contributed by atoms with Crippen LogP contribution in [0.15, 0.2) is 180 Å². The number of carboxylic acids is 1. The molecule has 30 heteroatoms. The van der Waals surface area contributed by atoms with Gasteiger partial charge in [-0.1, -0.05) is 144 Å². The highest BCUT2D eigenvalue weighted by Gasteiger charge is 2.30. The first kappa shape index (κ1) is 95.9. The predicted molar refractivity (Wildman–Crippen MR) is 459 cm³/mol. The van der Waals surface area contributed by atoms with Crippen molar-refractivity contribution in [3.05, 3.63) is 213 Å². The van der Waals surface area contributed by atoms with E-state index in [0.717, 1.165) is 78.3 Å². The van der Waals surface area contributed by atoms with Crippen LogP contribution in [0, 0.1) is 13.8 Å². The number of ketones is 2. The lowest BCUT2D eigenvalue weighted by Gasteiger charge is -2.27. The molecule has 3 amide bonds. The molecule has 0 unspecified atom stereocenters. The molecule has 0 saturated carbocycles. The maximum Gasteiger partial charge on any atom is 0.416 e. The van der Waals surface area contributed by atoms with Crippen LogP contribution >= 0.6 is 0 Å². The van der Waals surface area contributed by atoms with Crippen LogP contribution in [0.25, 0.3) is 64.7 Å². The highest BCUT2D eigenvalue weighted by molar-refractivity contribution is 5.98. The fourth-order valence-corrected chi connectivity index (χ4v) is 12.8. The standard InChI is InChI=1S/C48H62N6O10.C42H52N6O8/c1-35-20-21-50-44(31-35)54(47(58)64-48(2,3)4)23-9-8-15-45(56)52-42(34-63-30-29-62-28-27-61-26-25-60-24-22-51-53-49)43(55)32-39(33-46(57)59-5)36-16-18-38(19-17-36)41-14-10-12-37-11-6-7-13-40(37)41;1-31-16-18-45-40(27-31)44-17-5-4-11-41(50)47-38(30-56-26-25-55-24-23-54-22-21-53-20-19-46-48-43)39(49)28-35(29-42(51)52)32-12-14-34(15-13-32)37-10-6-8-33-7-2-3-9-36(33)37/h6-7,10-14,16-21,31,39,42H,8-9,15,22-30,32-34H2,1-5H3,(H,52,56);2-3,6-10,12-16,18,27,35,38H,4-5,11,17,19-26,28-30H2,1H3,(H,44,45)(H,47,50)(H,51,52)/t39-,42-;35-,38-/m00/s1. The highest BCUT2D eigenvalue weighted by atomic mass is 16.6. The molecule has 0 saturated heterocycles. The number of azide groups is 2. The van der Waals surface area contributed by atoms with Crippen LogP contribution in [-0.2, 0) is 76.1 Å². The summed E-state index contributed by atoms with van der Waals surface area (Å²) in [6.45, 7) is 14.7. The molecule has 8 aromatic rings. The summed E-state index contributed by atoms with van der Waals surface area (Å²) in [6.07, 6.45) is 4.86. The molecule has 4 N–H and O–H groups in total. The van der Waals surface area contributed by atoms with Crippen LogP contribution in [0.5, 0.6) is 0 Å². The first-order valence-corrected chi connectivity index (χ1v) is 40.5. The Hall–Kier alpha value is -11.3. The Morgan fingerprint density at radius 2 is 0.917 bits per heavy atom. The minimum atomic E-state index is -1.02. The van der Waals surface area contributed by atoms with Gasteiger partial charge < -0.3 is 68.4 Å². The number of Topliss-reactive ketones (excluding diaryl/α,β-unsaturated/α-hetero) is 2.